The van der Waals surface area contributed by atoms with Crippen molar-refractivity contribution >= 4 is 23.6 Å². The molecule has 0 rings (SSSR count). The van der Waals surface area contributed by atoms with E-state index in [0.29, 0.717) is 32.2 Å². The number of unbranched alkanes of at least 4 members (excludes halogenated alkanes) is 1. The Morgan fingerprint density at radius 2 is 1.59 bits per heavy atom. The number of nitrogens with one attached hydrogen (secondary N) is 3. The number of primary amides is 1. The number of amides is 4. The summed E-state index contributed by atoms with van der Waals surface area (Å²) in [6.07, 6.45) is 2.15. The maximum Gasteiger partial charge on any atom is 0.243 e. The highest BCUT2D eigenvalue weighted by molar-refractivity contribution is 5.93. The average molecular weight is 386 g/mol. The highest BCUT2D eigenvalue weighted by Crippen LogP contribution is 2.03. The van der Waals surface area contributed by atoms with Gasteiger partial charge in [-0.3, -0.25) is 19.2 Å². The van der Waals surface area contributed by atoms with Gasteiger partial charge in [-0.15, -0.1) is 0 Å². The number of carbonyl (C=O) groups is 4. The molecule has 0 unspecified atom stereocenters. The Balaban J connectivity index is 4.66. The van der Waals surface area contributed by atoms with Gasteiger partial charge in [0.1, 0.15) is 12.1 Å². The van der Waals surface area contributed by atoms with E-state index in [2.05, 4.69) is 16.0 Å². The van der Waals surface area contributed by atoms with Crippen molar-refractivity contribution in [3.05, 3.63) is 0 Å². The van der Waals surface area contributed by atoms with Crippen LogP contribution in [0.3, 0.4) is 0 Å². The van der Waals surface area contributed by atoms with E-state index in [4.69, 9.17) is 17.2 Å². The normalized spacial score (nSPS) is 14.1. The second kappa shape index (κ2) is 13.0. The van der Waals surface area contributed by atoms with Crippen LogP contribution in [0.4, 0.5) is 0 Å². The van der Waals surface area contributed by atoms with Crippen LogP contribution in [-0.2, 0) is 19.2 Å². The summed E-state index contributed by atoms with van der Waals surface area (Å²) in [6, 6.07) is -2.41. The average Bonchev–Trinajstić information content (AvgIpc) is 2.57. The minimum absolute atomic E-state index is 0.252. The predicted molar refractivity (Wildman–Crippen MR) is 102 cm³/mol. The van der Waals surface area contributed by atoms with E-state index in [0.717, 1.165) is 0 Å². The molecule has 9 N–H and O–H groups in total. The van der Waals surface area contributed by atoms with Crippen molar-refractivity contribution in [1.29, 1.82) is 0 Å². The molecule has 0 aromatic heterocycles. The molecular formula is C17H34N6O4. The molecule has 4 amide bonds. The van der Waals surface area contributed by atoms with Crippen LogP contribution in [0.2, 0.25) is 0 Å². The molecule has 0 heterocycles. The SMILES string of the molecule is CC(C)C[C@H](N)C(=O)NCC(=O)N[C@@H](CCCCN)C(=O)N[C@@H](C)C(N)=O. The van der Waals surface area contributed by atoms with E-state index in [1.165, 1.54) is 6.92 Å². The van der Waals surface area contributed by atoms with Gasteiger partial charge < -0.3 is 33.2 Å². The summed E-state index contributed by atoms with van der Waals surface area (Å²) in [4.78, 5) is 47.4. The first-order chi connectivity index (χ1) is 12.6. The molecule has 0 bridgehead atoms. The number of hydrogen-bond donors (Lipinski definition) is 6. The van der Waals surface area contributed by atoms with E-state index < -0.39 is 41.8 Å². The van der Waals surface area contributed by atoms with Gasteiger partial charge in [0.25, 0.3) is 0 Å². The van der Waals surface area contributed by atoms with Crippen molar-refractivity contribution in [1.82, 2.24) is 16.0 Å². The van der Waals surface area contributed by atoms with Crippen LogP contribution in [0.1, 0.15) is 46.5 Å². The molecule has 0 saturated heterocycles. The summed E-state index contributed by atoms with van der Waals surface area (Å²) in [5.74, 6) is -1.90. The smallest absolute Gasteiger partial charge is 0.243 e. The standard InChI is InChI=1S/C17H34N6O4/c1-10(2)8-12(19)16(26)21-9-14(24)23-13(6-4-5-7-18)17(27)22-11(3)15(20)25/h10-13H,4-9,18-19H2,1-3H3,(H2,20,25)(H,21,26)(H,22,27)(H,23,24)/t11-,12-,13-/m0/s1. The fourth-order valence-corrected chi connectivity index (χ4v) is 2.31. The third kappa shape index (κ3) is 11.2. The lowest BCUT2D eigenvalue weighted by Crippen LogP contribution is -2.54. The Kier molecular flexibility index (Phi) is 12.0. The van der Waals surface area contributed by atoms with Crippen molar-refractivity contribution in [2.75, 3.05) is 13.1 Å². The van der Waals surface area contributed by atoms with E-state index in [1.807, 2.05) is 13.8 Å². The van der Waals surface area contributed by atoms with E-state index in [-0.39, 0.29) is 12.5 Å². The van der Waals surface area contributed by atoms with E-state index in [1.54, 1.807) is 0 Å². The summed E-state index contributed by atoms with van der Waals surface area (Å²) in [5.41, 5.74) is 16.3. The molecule has 0 spiro atoms. The van der Waals surface area contributed by atoms with Crippen molar-refractivity contribution in [2.45, 2.75) is 64.6 Å². The first kappa shape index (κ1) is 24.8. The van der Waals surface area contributed by atoms with Gasteiger partial charge in [0.15, 0.2) is 0 Å². The number of nitrogens with two attached hydrogens (primary N) is 3. The summed E-state index contributed by atoms with van der Waals surface area (Å²) >= 11 is 0. The molecule has 0 aromatic carbocycles. The molecule has 0 radical (unpaired) electrons. The van der Waals surface area contributed by atoms with Crippen molar-refractivity contribution in [3.63, 3.8) is 0 Å². The maximum atomic E-state index is 12.3. The Labute approximate surface area is 160 Å². The zero-order chi connectivity index (χ0) is 21.0. The van der Waals surface area contributed by atoms with Gasteiger partial charge in [-0.05, 0) is 45.1 Å². The monoisotopic (exact) mass is 386 g/mol. The second-order valence-corrected chi connectivity index (χ2v) is 6.99. The van der Waals surface area contributed by atoms with Gasteiger partial charge >= 0.3 is 0 Å². The molecule has 27 heavy (non-hydrogen) atoms. The minimum Gasteiger partial charge on any atom is -0.368 e. The molecule has 0 aliphatic carbocycles. The third-order valence-corrected chi connectivity index (χ3v) is 3.87. The van der Waals surface area contributed by atoms with Crippen LogP contribution in [-0.4, -0.2) is 54.8 Å². The van der Waals surface area contributed by atoms with Crippen molar-refractivity contribution in [2.24, 2.45) is 23.1 Å². The second-order valence-electron chi connectivity index (χ2n) is 6.99. The minimum atomic E-state index is -0.861. The first-order valence-electron chi connectivity index (χ1n) is 9.20. The number of rotatable bonds is 13. The lowest BCUT2D eigenvalue weighted by atomic mass is 10.0. The molecule has 3 atom stereocenters. The Morgan fingerprint density at radius 3 is 2.11 bits per heavy atom. The number of hydrogen-bond acceptors (Lipinski definition) is 6. The van der Waals surface area contributed by atoms with Gasteiger partial charge in [-0.1, -0.05) is 13.8 Å². The van der Waals surface area contributed by atoms with Crippen LogP contribution in [0, 0.1) is 5.92 Å². The fourth-order valence-electron chi connectivity index (χ4n) is 2.31. The summed E-state index contributed by atoms with van der Waals surface area (Å²) in [5, 5.41) is 7.46. The van der Waals surface area contributed by atoms with Crippen LogP contribution < -0.4 is 33.2 Å². The summed E-state index contributed by atoms with van der Waals surface area (Å²) in [6.45, 7) is 5.50. The largest absolute Gasteiger partial charge is 0.368 e. The van der Waals surface area contributed by atoms with Gasteiger partial charge in [-0.25, -0.2) is 0 Å². The molecule has 0 aromatic rings. The molecule has 10 nitrogen and oxygen atoms in total. The van der Waals surface area contributed by atoms with Gasteiger partial charge in [-0.2, -0.15) is 0 Å². The molecule has 0 saturated carbocycles. The van der Waals surface area contributed by atoms with Crippen molar-refractivity contribution < 1.29 is 19.2 Å². The molecule has 0 fully saturated rings. The predicted octanol–water partition coefficient (Wildman–Crippen LogP) is -1.92. The van der Waals surface area contributed by atoms with Gasteiger partial charge in [0, 0.05) is 0 Å². The van der Waals surface area contributed by atoms with Crippen LogP contribution in [0.15, 0.2) is 0 Å². The van der Waals surface area contributed by atoms with E-state index in [9.17, 15) is 19.2 Å². The zero-order valence-corrected chi connectivity index (χ0v) is 16.4. The maximum absolute atomic E-state index is 12.3. The summed E-state index contributed by atoms with van der Waals surface area (Å²) in [7, 11) is 0. The lowest BCUT2D eigenvalue weighted by Gasteiger charge is -2.21. The van der Waals surface area contributed by atoms with Crippen LogP contribution in [0.5, 0.6) is 0 Å². The van der Waals surface area contributed by atoms with Crippen molar-refractivity contribution in [3.8, 4) is 0 Å². The molecule has 156 valence electrons. The Bertz CT molecular complexity index is 512. The highest BCUT2D eigenvalue weighted by Gasteiger charge is 2.24. The molecular weight excluding hydrogens is 352 g/mol. The van der Waals surface area contributed by atoms with Gasteiger partial charge in [0.2, 0.25) is 23.6 Å². The quantitative estimate of drug-likeness (QED) is 0.200. The fraction of sp³-hybridized carbons (Fsp3) is 0.765. The molecule has 0 aliphatic rings. The third-order valence-electron chi connectivity index (χ3n) is 3.87. The topological polar surface area (TPSA) is 182 Å². The van der Waals surface area contributed by atoms with Gasteiger partial charge in [0.05, 0.1) is 12.6 Å². The van der Waals surface area contributed by atoms with Crippen LogP contribution in [0.25, 0.3) is 0 Å². The van der Waals surface area contributed by atoms with Crippen LogP contribution >= 0.6 is 0 Å². The van der Waals surface area contributed by atoms with E-state index >= 15 is 0 Å². The Hall–Kier alpha value is -2.20. The highest BCUT2D eigenvalue weighted by atomic mass is 16.2. The lowest BCUT2D eigenvalue weighted by molar-refractivity contribution is -0.131. The first-order valence-corrected chi connectivity index (χ1v) is 9.20. The summed E-state index contributed by atoms with van der Waals surface area (Å²) < 4.78 is 0. The molecule has 10 heteroatoms. The molecule has 0 aliphatic heterocycles. The Morgan fingerprint density at radius 1 is 0.963 bits per heavy atom. The number of carbonyl (C=O) groups excluding carboxylic acids is 4. The zero-order valence-electron chi connectivity index (χ0n) is 16.4.